The first-order valence-electron chi connectivity index (χ1n) is 6.02. The Morgan fingerprint density at radius 3 is 2.95 bits per heavy atom. The van der Waals surface area contributed by atoms with Crippen LogP contribution in [0, 0.1) is 0 Å². The number of nitrogens with two attached hydrogens (primary N) is 1. The van der Waals surface area contributed by atoms with Crippen molar-refractivity contribution in [3.05, 3.63) is 42.2 Å². The fraction of sp³-hybridized carbons (Fsp3) is 0.231. The summed E-state index contributed by atoms with van der Waals surface area (Å²) in [5, 5.41) is 9.72. The summed E-state index contributed by atoms with van der Waals surface area (Å²) in [7, 11) is 1.86. The van der Waals surface area contributed by atoms with Gasteiger partial charge in [0.1, 0.15) is 0 Å². The van der Waals surface area contributed by atoms with Crippen molar-refractivity contribution in [3.63, 3.8) is 0 Å². The van der Waals surface area contributed by atoms with Gasteiger partial charge in [0.05, 0.1) is 5.69 Å². The highest BCUT2D eigenvalue weighted by Crippen LogP contribution is 2.11. The summed E-state index contributed by atoms with van der Waals surface area (Å²) in [5.41, 5.74) is 7.87. The average molecular weight is 259 g/mol. The number of hydrogen-bond donors (Lipinski definition) is 3. The molecule has 0 aliphatic heterocycles. The second-order valence-electron chi connectivity index (χ2n) is 4.24. The van der Waals surface area contributed by atoms with E-state index in [9.17, 15) is 4.79 Å². The van der Waals surface area contributed by atoms with E-state index in [0.717, 1.165) is 5.69 Å². The fourth-order valence-electron chi connectivity index (χ4n) is 1.69. The zero-order valence-corrected chi connectivity index (χ0v) is 10.8. The van der Waals surface area contributed by atoms with E-state index in [-0.39, 0.29) is 6.03 Å². The van der Waals surface area contributed by atoms with Gasteiger partial charge in [0.25, 0.3) is 0 Å². The van der Waals surface area contributed by atoms with Crippen LogP contribution in [0.2, 0.25) is 0 Å². The Morgan fingerprint density at radius 1 is 1.42 bits per heavy atom. The summed E-state index contributed by atoms with van der Waals surface area (Å²) in [6.45, 7) is 0.533. The summed E-state index contributed by atoms with van der Waals surface area (Å²) in [6, 6.07) is 8.73. The molecule has 0 spiro atoms. The summed E-state index contributed by atoms with van der Waals surface area (Å²) in [4.78, 5) is 11.6. The molecule has 2 aromatic rings. The molecule has 0 atom stereocenters. The molecule has 6 nitrogen and oxygen atoms in total. The van der Waals surface area contributed by atoms with Gasteiger partial charge in [0, 0.05) is 37.6 Å². The third kappa shape index (κ3) is 4.02. The number of aryl methyl sites for hydroxylation is 1. The maximum atomic E-state index is 11.6. The number of urea groups is 1. The Hall–Kier alpha value is -2.50. The largest absolute Gasteiger partial charge is 0.399 e. The molecule has 6 heteroatoms. The Balaban J connectivity index is 1.76. The molecule has 0 aliphatic rings. The van der Waals surface area contributed by atoms with Crippen LogP contribution >= 0.6 is 0 Å². The second kappa shape index (κ2) is 5.90. The van der Waals surface area contributed by atoms with Crippen molar-refractivity contribution in [1.82, 2.24) is 15.1 Å². The minimum atomic E-state index is -0.249. The van der Waals surface area contributed by atoms with Gasteiger partial charge in [-0.05, 0) is 24.3 Å². The van der Waals surface area contributed by atoms with Crippen LogP contribution in [0.3, 0.4) is 0 Å². The van der Waals surface area contributed by atoms with Gasteiger partial charge in [-0.25, -0.2) is 4.79 Å². The number of rotatable bonds is 4. The Labute approximate surface area is 111 Å². The minimum absolute atomic E-state index is 0.249. The van der Waals surface area contributed by atoms with Gasteiger partial charge in [-0.2, -0.15) is 5.10 Å². The number of nitrogen functional groups attached to an aromatic ring is 1. The molecule has 0 fully saturated rings. The highest BCUT2D eigenvalue weighted by molar-refractivity contribution is 5.89. The normalized spacial score (nSPS) is 10.2. The lowest BCUT2D eigenvalue weighted by Gasteiger charge is -2.07. The lowest BCUT2D eigenvalue weighted by molar-refractivity contribution is 0.252. The standard InChI is InChI=1S/C13H17N5O/c1-18-8-6-11(17-18)5-7-15-13(19)16-12-4-2-3-10(14)9-12/h2-4,6,8-9H,5,7,14H2,1H3,(H2,15,16,19). The Kier molecular flexibility index (Phi) is 4.02. The zero-order chi connectivity index (χ0) is 13.7. The summed E-state index contributed by atoms with van der Waals surface area (Å²) in [6.07, 6.45) is 2.58. The van der Waals surface area contributed by atoms with Crippen LogP contribution in [0.4, 0.5) is 16.2 Å². The van der Waals surface area contributed by atoms with Crippen molar-refractivity contribution in [2.24, 2.45) is 7.05 Å². The predicted octanol–water partition coefficient (Wildman–Crippen LogP) is 1.37. The molecule has 1 aromatic heterocycles. The van der Waals surface area contributed by atoms with Crippen LogP contribution in [0.5, 0.6) is 0 Å². The predicted molar refractivity (Wildman–Crippen MR) is 74.8 cm³/mol. The monoisotopic (exact) mass is 259 g/mol. The van der Waals surface area contributed by atoms with Crippen molar-refractivity contribution in [1.29, 1.82) is 0 Å². The van der Waals surface area contributed by atoms with Crippen LogP contribution in [0.25, 0.3) is 0 Å². The van der Waals surface area contributed by atoms with Crippen molar-refractivity contribution in [2.45, 2.75) is 6.42 Å². The van der Waals surface area contributed by atoms with E-state index in [1.165, 1.54) is 0 Å². The molecule has 0 bridgehead atoms. The molecule has 1 aromatic carbocycles. The molecule has 19 heavy (non-hydrogen) atoms. The first-order chi connectivity index (χ1) is 9.13. The third-order valence-corrected chi connectivity index (χ3v) is 2.58. The van der Waals surface area contributed by atoms with Crippen LogP contribution in [0.1, 0.15) is 5.69 Å². The quantitative estimate of drug-likeness (QED) is 0.725. The number of nitrogens with zero attached hydrogens (tertiary/aromatic N) is 2. The maximum Gasteiger partial charge on any atom is 0.319 e. The number of benzene rings is 1. The summed E-state index contributed by atoms with van der Waals surface area (Å²) >= 11 is 0. The van der Waals surface area contributed by atoms with Gasteiger partial charge in [-0.15, -0.1) is 0 Å². The molecule has 1 heterocycles. The SMILES string of the molecule is Cn1ccc(CCNC(=O)Nc2cccc(N)c2)n1. The highest BCUT2D eigenvalue weighted by atomic mass is 16.2. The van der Waals surface area contributed by atoms with Gasteiger partial charge >= 0.3 is 6.03 Å². The van der Waals surface area contributed by atoms with E-state index < -0.39 is 0 Å². The van der Waals surface area contributed by atoms with Crippen molar-refractivity contribution < 1.29 is 4.79 Å². The second-order valence-corrected chi connectivity index (χ2v) is 4.24. The molecule has 0 unspecified atom stereocenters. The van der Waals surface area contributed by atoms with E-state index in [2.05, 4.69) is 15.7 Å². The Bertz CT molecular complexity index is 564. The number of amides is 2. The van der Waals surface area contributed by atoms with Crippen LogP contribution in [0.15, 0.2) is 36.5 Å². The molecule has 2 amide bonds. The van der Waals surface area contributed by atoms with Crippen LogP contribution in [-0.4, -0.2) is 22.4 Å². The molecule has 0 aliphatic carbocycles. The number of carbonyl (C=O) groups is 1. The molecular weight excluding hydrogens is 242 g/mol. The number of aromatic nitrogens is 2. The number of nitrogens with one attached hydrogen (secondary N) is 2. The lowest BCUT2D eigenvalue weighted by atomic mass is 10.3. The number of anilines is 2. The van der Waals surface area contributed by atoms with Gasteiger partial charge in [0.2, 0.25) is 0 Å². The summed E-state index contributed by atoms with van der Waals surface area (Å²) in [5.74, 6) is 0. The molecular formula is C13H17N5O. The fourth-order valence-corrected chi connectivity index (χ4v) is 1.69. The minimum Gasteiger partial charge on any atom is -0.399 e. The van der Waals surface area contributed by atoms with Crippen molar-refractivity contribution >= 4 is 17.4 Å². The van der Waals surface area contributed by atoms with E-state index in [1.54, 1.807) is 28.9 Å². The lowest BCUT2D eigenvalue weighted by Crippen LogP contribution is -2.30. The zero-order valence-electron chi connectivity index (χ0n) is 10.8. The first kappa shape index (κ1) is 12.9. The molecule has 0 radical (unpaired) electrons. The van der Waals surface area contributed by atoms with Crippen LogP contribution < -0.4 is 16.4 Å². The van der Waals surface area contributed by atoms with Crippen molar-refractivity contribution in [2.75, 3.05) is 17.6 Å². The third-order valence-electron chi connectivity index (χ3n) is 2.58. The molecule has 2 rings (SSSR count). The number of carbonyl (C=O) groups excluding carboxylic acids is 1. The van der Waals surface area contributed by atoms with E-state index in [1.807, 2.05) is 19.3 Å². The average Bonchev–Trinajstić information content (AvgIpc) is 2.75. The van der Waals surface area contributed by atoms with Gasteiger partial charge < -0.3 is 16.4 Å². The van der Waals surface area contributed by atoms with Gasteiger partial charge in [0.15, 0.2) is 0 Å². The molecule has 0 saturated heterocycles. The molecule has 0 saturated carbocycles. The summed E-state index contributed by atoms with van der Waals surface area (Å²) < 4.78 is 1.74. The van der Waals surface area contributed by atoms with Gasteiger partial charge in [-0.3, -0.25) is 4.68 Å². The first-order valence-corrected chi connectivity index (χ1v) is 6.02. The van der Waals surface area contributed by atoms with E-state index >= 15 is 0 Å². The Morgan fingerprint density at radius 2 is 2.26 bits per heavy atom. The maximum absolute atomic E-state index is 11.6. The van der Waals surface area contributed by atoms with E-state index in [0.29, 0.717) is 24.3 Å². The number of hydrogen-bond acceptors (Lipinski definition) is 3. The highest BCUT2D eigenvalue weighted by Gasteiger charge is 2.02. The van der Waals surface area contributed by atoms with Gasteiger partial charge in [-0.1, -0.05) is 6.07 Å². The van der Waals surface area contributed by atoms with E-state index in [4.69, 9.17) is 5.73 Å². The topological polar surface area (TPSA) is 85.0 Å². The van der Waals surface area contributed by atoms with Crippen molar-refractivity contribution in [3.8, 4) is 0 Å². The van der Waals surface area contributed by atoms with Crippen LogP contribution in [-0.2, 0) is 13.5 Å². The smallest absolute Gasteiger partial charge is 0.319 e. The molecule has 100 valence electrons. The molecule has 4 N–H and O–H groups in total.